The number of aryl methyl sites for hydroxylation is 1. The predicted octanol–water partition coefficient (Wildman–Crippen LogP) is 2.68. The number of nitrogens with zero attached hydrogens (tertiary/aromatic N) is 1. The van der Waals surface area contributed by atoms with Gasteiger partial charge in [-0.05, 0) is 19.8 Å². The second-order valence-electron chi connectivity index (χ2n) is 3.60. The average Bonchev–Trinajstić information content (AvgIpc) is 2.53. The SMILES string of the molecule is Cc1nc(C2CCC(=O)CC2)cs1. The number of ketones is 1. The van der Waals surface area contributed by atoms with E-state index in [9.17, 15) is 4.79 Å². The molecule has 3 heteroatoms. The molecule has 1 saturated carbocycles. The predicted molar refractivity (Wildman–Crippen MR) is 53.1 cm³/mol. The molecule has 1 aromatic heterocycles. The molecule has 70 valence electrons. The molecule has 1 heterocycles. The molecule has 0 bridgehead atoms. The van der Waals surface area contributed by atoms with Crippen molar-refractivity contribution in [1.29, 1.82) is 0 Å². The molecule has 1 fully saturated rings. The molecule has 0 atom stereocenters. The normalized spacial score (nSPS) is 19.3. The van der Waals surface area contributed by atoms with Gasteiger partial charge in [-0.15, -0.1) is 11.3 Å². The van der Waals surface area contributed by atoms with Gasteiger partial charge in [0, 0.05) is 24.1 Å². The number of hydrogen-bond acceptors (Lipinski definition) is 3. The van der Waals surface area contributed by atoms with E-state index in [1.165, 1.54) is 5.69 Å². The standard InChI is InChI=1S/C10H13NOS/c1-7-11-10(6-13-7)8-2-4-9(12)5-3-8/h6,8H,2-5H2,1H3. The molecule has 0 amide bonds. The van der Waals surface area contributed by atoms with E-state index < -0.39 is 0 Å². The molecule has 2 nitrogen and oxygen atoms in total. The first kappa shape index (κ1) is 8.88. The van der Waals surface area contributed by atoms with Crippen LogP contribution in [0.15, 0.2) is 5.38 Å². The molecule has 0 saturated heterocycles. The van der Waals surface area contributed by atoms with E-state index in [1.807, 2.05) is 6.92 Å². The topological polar surface area (TPSA) is 30.0 Å². The Morgan fingerprint density at radius 3 is 2.69 bits per heavy atom. The monoisotopic (exact) mass is 195 g/mol. The van der Waals surface area contributed by atoms with Crippen LogP contribution in [0, 0.1) is 6.92 Å². The first-order chi connectivity index (χ1) is 6.25. The zero-order valence-electron chi connectivity index (χ0n) is 7.75. The molecule has 1 aliphatic carbocycles. The lowest BCUT2D eigenvalue weighted by atomic mass is 9.87. The molecule has 0 spiro atoms. The number of Topliss-reactive ketones (excluding diaryl/α,β-unsaturated/α-hetero) is 1. The van der Waals surface area contributed by atoms with E-state index in [1.54, 1.807) is 11.3 Å². The maximum atomic E-state index is 11.0. The summed E-state index contributed by atoms with van der Waals surface area (Å²) >= 11 is 1.70. The fourth-order valence-corrected chi connectivity index (χ4v) is 2.50. The highest BCUT2D eigenvalue weighted by Crippen LogP contribution is 2.31. The highest BCUT2D eigenvalue weighted by molar-refractivity contribution is 7.09. The summed E-state index contributed by atoms with van der Waals surface area (Å²) in [5.41, 5.74) is 1.20. The third kappa shape index (κ3) is 1.97. The van der Waals surface area contributed by atoms with Gasteiger partial charge in [-0.25, -0.2) is 4.98 Å². The molecule has 0 aromatic carbocycles. The van der Waals surface area contributed by atoms with Gasteiger partial charge in [0.05, 0.1) is 10.7 Å². The van der Waals surface area contributed by atoms with E-state index in [2.05, 4.69) is 10.4 Å². The number of carbonyl (C=O) groups is 1. The van der Waals surface area contributed by atoms with Crippen molar-refractivity contribution in [1.82, 2.24) is 4.98 Å². The number of carbonyl (C=O) groups excluding carboxylic acids is 1. The van der Waals surface area contributed by atoms with Crippen LogP contribution in [-0.2, 0) is 4.79 Å². The van der Waals surface area contributed by atoms with Crippen LogP contribution >= 0.6 is 11.3 Å². The zero-order valence-corrected chi connectivity index (χ0v) is 8.56. The van der Waals surface area contributed by atoms with Crippen LogP contribution in [-0.4, -0.2) is 10.8 Å². The molecular weight excluding hydrogens is 182 g/mol. The summed E-state index contributed by atoms with van der Waals surface area (Å²) in [6, 6.07) is 0. The van der Waals surface area contributed by atoms with E-state index in [-0.39, 0.29) is 0 Å². The Balaban J connectivity index is 2.06. The van der Waals surface area contributed by atoms with Gasteiger partial charge >= 0.3 is 0 Å². The summed E-state index contributed by atoms with van der Waals surface area (Å²) in [5.74, 6) is 0.964. The van der Waals surface area contributed by atoms with Crippen molar-refractivity contribution in [3.8, 4) is 0 Å². The summed E-state index contributed by atoms with van der Waals surface area (Å²) in [5, 5.41) is 3.27. The lowest BCUT2D eigenvalue weighted by Gasteiger charge is -2.18. The maximum Gasteiger partial charge on any atom is 0.132 e. The first-order valence-electron chi connectivity index (χ1n) is 4.69. The van der Waals surface area contributed by atoms with Crippen molar-refractivity contribution in [2.45, 2.75) is 38.5 Å². The van der Waals surface area contributed by atoms with Crippen molar-refractivity contribution in [2.75, 3.05) is 0 Å². The molecule has 0 radical (unpaired) electrons. The Labute approximate surface area is 82.0 Å². The van der Waals surface area contributed by atoms with Crippen molar-refractivity contribution >= 4 is 17.1 Å². The minimum atomic E-state index is 0.420. The molecule has 1 aromatic rings. The Morgan fingerprint density at radius 2 is 2.15 bits per heavy atom. The lowest BCUT2D eigenvalue weighted by molar-refractivity contribution is -0.120. The van der Waals surface area contributed by atoms with E-state index >= 15 is 0 Å². The third-order valence-electron chi connectivity index (χ3n) is 2.60. The minimum absolute atomic E-state index is 0.420. The van der Waals surface area contributed by atoms with Crippen LogP contribution in [0.4, 0.5) is 0 Å². The van der Waals surface area contributed by atoms with Crippen LogP contribution in [0.1, 0.15) is 42.3 Å². The molecule has 0 N–H and O–H groups in total. The minimum Gasteiger partial charge on any atom is -0.300 e. The Kier molecular flexibility index (Phi) is 2.44. The van der Waals surface area contributed by atoms with Gasteiger partial charge in [-0.1, -0.05) is 0 Å². The largest absolute Gasteiger partial charge is 0.300 e. The number of aromatic nitrogens is 1. The van der Waals surface area contributed by atoms with Gasteiger partial charge < -0.3 is 0 Å². The second kappa shape index (κ2) is 3.58. The van der Waals surface area contributed by atoms with Gasteiger partial charge in [0.2, 0.25) is 0 Å². The van der Waals surface area contributed by atoms with E-state index in [0.717, 1.165) is 30.7 Å². The third-order valence-corrected chi connectivity index (χ3v) is 3.39. The quantitative estimate of drug-likeness (QED) is 0.689. The van der Waals surface area contributed by atoms with Crippen molar-refractivity contribution in [2.24, 2.45) is 0 Å². The van der Waals surface area contributed by atoms with Crippen LogP contribution in [0.3, 0.4) is 0 Å². The van der Waals surface area contributed by atoms with Gasteiger partial charge in [0.25, 0.3) is 0 Å². The summed E-state index contributed by atoms with van der Waals surface area (Å²) in [6.07, 6.45) is 3.51. The molecule has 2 rings (SSSR count). The van der Waals surface area contributed by atoms with Gasteiger partial charge in [0.1, 0.15) is 5.78 Å². The number of hydrogen-bond donors (Lipinski definition) is 0. The van der Waals surface area contributed by atoms with Gasteiger partial charge in [-0.2, -0.15) is 0 Å². The second-order valence-corrected chi connectivity index (χ2v) is 4.67. The van der Waals surface area contributed by atoms with Crippen LogP contribution in [0.25, 0.3) is 0 Å². The smallest absolute Gasteiger partial charge is 0.132 e. The summed E-state index contributed by atoms with van der Waals surface area (Å²) in [6.45, 7) is 2.03. The number of rotatable bonds is 1. The van der Waals surface area contributed by atoms with E-state index in [4.69, 9.17) is 0 Å². The molecular formula is C10H13NOS. The zero-order chi connectivity index (χ0) is 9.26. The van der Waals surface area contributed by atoms with E-state index in [0.29, 0.717) is 11.7 Å². The Bertz CT molecular complexity index is 308. The number of thiazole rings is 1. The summed E-state index contributed by atoms with van der Waals surface area (Å²) < 4.78 is 0. The summed E-state index contributed by atoms with van der Waals surface area (Å²) in [7, 11) is 0. The van der Waals surface area contributed by atoms with Gasteiger partial charge in [0.15, 0.2) is 0 Å². The Hall–Kier alpha value is -0.700. The van der Waals surface area contributed by atoms with Crippen LogP contribution < -0.4 is 0 Å². The molecule has 13 heavy (non-hydrogen) atoms. The molecule has 0 unspecified atom stereocenters. The van der Waals surface area contributed by atoms with Crippen LogP contribution in [0.2, 0.25) is 0 Å². The lowest BCUT2D eigenvalue weighted by Crippen LogP contribution is -2.12. The fraction of sp³-hybridized carbons (Fsp3) is 0.600. The fourth-order valence-electron chi connectivity index (χ4n) is 1.80. The maximum absolute atomic E-state index is 11.0. The highest BCUT2D eigenvalue weighted by atomic mass is 32.1. The highest BCUT2D eigenvalue weighted by Gasteiger charge is 2.21. The van der Waals surface area contributed by atoms with Crippen molar-refractivity contribution in [3.05, 3.63) is 16.1 Å². The van der Waals surface area contributed by atoms with Crippen molar-refractivity contribution < 1.29 is 4.79 Å². The van der Waals surface area contributed by atoms with Crippen LogP contribution in [0.5, 0.6) is 0 Å². The van der Waals surface area contributed by atoms with Gasteiger partial charge in [-0.3, -0.25) is 4.79 Å². The summed E-state index contributed by atoms with van der Waals surface area (Å²) in [4.78, 5) is 15.5. The Morgan fingerprint density at radius 1 is 1.46 bits per heavy atom. The molecule has 1 aliphatic rings. The first-order valence-corrected chi connectivity index (χ1v) is 5.57. The average molecular weight is 195 g/mol. The molecule has 0 aliphatic heterocycles. The van der Waals surface area contributed by atoms with Crippen molar-refractivity contribution in [3.63, 3.8) is 0 Å².